The van der Waals surface area contributed by atoms with Gasteiger partial charge in [0.1, 0.15) is 18.0 Å². The molecule has 0 aliphatic heterocycles. The van der Waals surface area contributed by atoms with Gasteiger partial charge in [0.15, 0.2) is 5.82 Å². The Hall–Kier alpha value is -1.78. The zero-order valence-corrected chi connectivity index (χ0v) is 9.91. The first-order valence-corrected chi connectivity index (χ1v) is 5.37. The third kappa shape index (κ3) is 1.92. The van der Waals surface area contributed by atoms with Gasteiger partial charge in [-0.3, -0.25) is 0 Å². The van der Waals surface area contributed by atoms with Crippen LogP contribution in [0.5, 0.6) is 0 Å². The fraction of sp³-hybridized carbons (Fsp3) is 0.333. The highest BCUT2D eigenvalue weighted by molar-refractivity contribution is 5.58. The first kappa shape index (κ1) is 11.7. The molecular weight excluding hydrogens is 224 g/mol. The Morgan fingerprint density at radius 2 is 1.94 bits per heavy atom. The van der Waals surface area contributed by atoms with Gasteiger partial charge < -0.3 is 4.57 Å². The molecule has 0 unspecified atom stereocenters. The van der Waals surface area contributed by atoms with E-state index < -0.39 is 11.6 Å². The zero-order valence-electron chi connectivity index (χ0n) is 9.91. The summed E-state index contributed by atoms with van der Waals surface area (Å²) in [6.45, 7) is 5.39. The summed E-state index contributed by atoms with van der Waals surface area (Å²) < 4.78 is 29.3. The van der Waals surface area contributed by atoms with Crippen molar-refractivity contribution in [3.63, 3.8) is 0 Å². The minimum atomic E-state index is -0.622. The molecule has 0 radical (unpaired) electrons. The van der Waals surface area contributed by atoms with Crippen molar-refractivity contribution in [2.75, 3.05) is 0 Å². The molecule has 0 saturated heterocycles. The molecule has 0 saturated carbocycles. The summed E-state index contributed by atoms with van der Waals surface area (Å²) in [6.07, 6.45) is 1.47. The fourth-order valence-electron chi connectivity index (χ4n) is 1.66. The Labute approximate surface area is 98.1 Å². The summed E-state index contributed by atoms with van der Waals surface area (Å²) in [5, 5.41) is 7.51. The lowest BCUT2D eigenvalue weighted by molar-refractivity contribution is 0.566. The average molecular weight is 237 g/mol. The van der Waals surface area contributed by atoms with Gasteiger partial charge in [-0.1, -0.05) is 6.07 Å². The highest BCUT2D eigenvalue weighted by Crippen LogP contribution is 2.27. The second kappa shape index (κ2) is 4.24. The Morgan fingerprint density at radius 3 is 2.59 bits per heavy atom. The van der Waals surface area contributed by atoms with E-state index in [1.165, 1.54) is 18.5 Å². The van der Waals surface area contributed by atoms with Crippen LogP contribution in [0.3, 0.4) is 0 Å². The average Bonchev–Trinajstić information content (AvgIpc) is 2.73. The Kier molecular flexibility index (Phi) is 2.92. The summed E-state index contributed by atoms with van der Waals surface area (Å²) in [5.41, 5.74) is 0.274. The molecule has 90 valence electrons. The molecule has 0 amide bonds. The Morgan fingerprint density at radius 1 is 1.24 bits per heavy atom. The fourth-order valence-corrected chi connectivity index (χ4v) is 1.66. The monoisotopic (exact) mass is 237 g/mol. The SMILES string of the molecule is Cc1ccc(F)c(-c2nncn2C(C)C)c1F. The normalized spacial score (nSPS) is 11.2. The molecule has 2 rings (SSSR count). The van der Waals surface area contributed by atoms with Crippen molar-refractivity contribution in [1.29, 1.82) is 0 Å². The number of nitrogens with zero attached hydrogens (tertiary/aromatic N) is 3. The smallest absolute Gasteiger partial charge is 0.169 e. The van der Waals surface area contributed by atoms with Crippen LogP contribution in [0.25, 0.3) is 11.4 Å². The van der Waals surface area contributed by atoms with Crippen LogP contribution in [0.15, 0.2) is 18.5 Å². The van der Waals surface area contributed by atoms with Gasteiger partial charge in [0.25, 0.3) is 0 Å². The standard InChI is InChI=1S/C12H13F2N3/c1-7(2)17-6-15-16-12(17)10-9(13)5-4-8(3)11(10)14/h4-7H,1-3H3. The molecule has 1 heterocycles. The number of hydrogen-bond donors (Lipinski definition) is 0. The lowest BCUT2D eigenvalue weighted by Gasteiger charge is -2.12. The molecule has 0 aliphatic rings. The molecule has 0 atom stereocenters. The van der Waals surface area contributed by atoms with Crippen molar-refractivity contribution in [3.05, 3.63) is 35.7 Å². The molecule has 0 spiro atoms. The van der Waals surface area contributed by atoms with Gasteiger partial charge in [0.05, 0.1) is 5.56 Å². The summed E-state index contributed by atoms with van der Waals surface area (Å²) in [4.78, 5) is 0. The van der Waals surface area contributed by atoms with Crippen LogP contribution in [0.2, 0.25) is 0 Å². The number of aromatic nitrogens is 3. The largest absolute Gasteiger partial charge is 0.311 e. The molecule has 0 fully saturated rings. The van der Waals surface area contributed by atoms with E-state index in [0.717, 1.165) is 0 Å². The number of rotatable bonds is 2. The van der Waals surface area contributed by atoms with E-state index in [2.05, 4.69) is 10.2 Å². The summed E-state index contributed by atoms with van der Waals surface area (Å²) in [7, 11) is 0. The van der Waals surface area contributed by atoms with Crippen LogP contribution < -0.4 is 0 Å². The summed E-state index contributed by atoms with van der Waals surface area (Å²) in [5.74, 6) is -0.985. The minimum absolute atomic E-state index is 0.0410. The number of aryl methyl sites for hydroxylation is 1. The molecule has 5 heteroatoms. The van der Waals surface area contributed by atoms with Crippen LogP contribution in [-0.4, -0.2) is 14.8 Å². The van der Waals surface area contributed by atoms with E-state index in [-0.39, 0.29) is 17.4 Å². The van der Waals surface area contributed by atoms with Crippen molar-refractivity contribution in [2.45, 2.75) is 26.8 Å². The highest BCUT2D eigenvalue weighted by Gasteiger charge is 2.19. The molecule has 1 aromatic carbocycles. The lowest BCUT2D eigenvalue weighted by Crippen LogP contribution is -2.05. The maximum Gasteiger partial charge on any atom is 0.169 e. The molecule has 17 heavy (non-hydrogen) atoms. The Bertz CT molecular complexity index is 547. The first-order chi connectivity index (χ1) is 8.02. The molecular formula is C12H13F2N3. The molecule has 0 bridgehead atoms. The van der Waals surface area contributed by atoms with Crippen LogP contribution in [0.1, 0.15) is 25.5 Å². The molecule has 0 N–H and O–H groups in total. The highest BCUT2D eigenvalue weighted by atomic mass is 19.1. The predicted molar refractivity (Wildman–Crippen MR) is 60.5 cm³/mol. The minimum Gasteiger partial charge on any atom is -0.311 e. The van der Waals surface area contributed by atoms with Gasteiger partial charge in [-0.2, -0.15) is 0 Å². The van der Waals surface area contributed by atoms with E-state index in [1.807, 2.05) is 13.8 Å². The van der Waals surface area contributed by atoms with Crippen molar-refractivity contribution >= 4 is 0 Å². The van der Waals surface area contributed by atoms with Crippen LogP contribution >= 0.6 is 0 Å². The second-order valence-electron chi connectivity index (χ2n) is 4.21. The van der Waals surface area contributed by atoms with Gasteiger partial charge in [0, 0.05) is 6.04 Å². The topological polar surface area (TPSA) is 30.7 Å². The van der Waals surface area contributed by atoms with Gasteiger partial charge in [-0.15, -0.1) is 10.2 Å². The molecule has 3 nitrogen and oxygen atoms in total. The van der Waals surface area contributed by atoms with Gasteiger partial charge in [-0.25, -0.2) is 8.78 Å². The summed E-state index contributed by atoms with van der Waals surface area (Å²) in [6, 6.07) is 2.69. The predicted octanol–water partition coefficient (Wildman–Crippen LogP) is 3.11. The zero-order chi connectivity index (χ0) is 12.6. The summed E-state index contributed by atoms with van der Waals surface area (Å²) >= 11 is 0. The van der Waals surface area contributed by atoms with Crippen molar-refractivity contribution in [3.8, 4) is 11.4 Å². The molecule has 2 aromatic rings. The molecule has 0 aliphatic carbocycles. The number of benzene rings is 1. The van der Waals surface area contributed by atoms with Gasteiger partial charge >= 0.3 is 0 Å². The van der Waals surface area contributed by atoms with Crippen LogP contribution in [0, 0.1) is 18.6 Å². The quantitative estimate of drug-likeness (QED) is 0.803. The number of halogens is 2. The van der Waals surface area contributed by atoms with E-state index in [1.54, 1.807) is 11.5 Å². The Balaban J connectivity index is 2.68. The van der Waals surface area contributed by atoms with E-state index in [0.29, 0.717) is 5.56 Å². The van der Waals surface area contributed by atoms with E-state index in [9.17, 15) is 8.78 Å². The third-order valence-electron chi connectivity index (χ3n) is 2.64. The van der Waals surface area contributed by atoms with Gasteiger partial charge in [-0.05, 0) is 32.4 Å². The van der Waals surface area contributed by atoms with Crippen LogP contribution in [0.4, 0.5) is 8.78 Å². The maximum atomic E-state index is 13.9. The van der Waals surface area contributed by atoms with Crippen LogP contribution in [-0.2, 0) is 0 Å². The van der Waals surface area contributed by atoms with E-state index in [4.69, 9.17) is 0 Å². The van der Waals surface area contributed by atoms with E-state index >= 15 is 0 Å². The first-order valence-electron chi connectivity index (χ1n) is 5.37. The third-order valence-corrected chi connectivity index (χ3v) is 2.64. The molecule has 1 aromatic heterocycles. The number of hydrogen-bond acceptors (Lipinski definition) is 2. The van der Waals surface area contributed by atoms with Crippen molar-refractivity contribution < 1.29 is 8.78 Å². The lowest BCUT2D eigenvalue weighted by atomic mass is 10.1. The van der Waals surface area contributed by atoms with Crippen molar-refractivity contribution in [2.24, 2.45) is 0 Å². The van der Waals surface area contributed by atoms with Gasteiger partial charge in [0.2, 0.25) is 0 Å². The van der Waals surface area contributed by atoms with Crippen molar-refractivity contribution in [1.82, 2.24) is 14.8 Å². The second-order valence-corrected chi connectivity index (χ2v) is 4.21. The maximum absolute atomic E-state index is 13.9.